The van der Waals surface area contributed by atoms with Crippen molar-refractivity contribution in [3.8, 4) is 11.1 Å². The minimum atomic E-state index is -1.25. The molecule has 0 spiro atoms. The Balaban J connectivity index is 1.45. The molecule has 7 nitrogen and oxygen atoms in total. The van der Waals surface area contributed by atoms with E-state index >= 15 is 0 Å². The molecule has 2 amide bonds. The van der Waals surface area contributed by atoms with Gasteiger partial charge >= 0.3 is 12.1 Å². The van der Waals surface area contributed by atoms with Crippen molar-refractivity contribution in [2.24, 2.45) is 5.41 Å². The number of alkyl carbamates (subject to hydrolysis) is 1. The number of carbonyl (C=O) groups excluding carboxylic acids is 2. The van der Waals surface area contributed by atoms with Gasteiger partial charge < -0.3 is 20.5 Å². The van der Waals surface area contributed by atoms with Crippen LogP contribution in [0.25, 0.3) is 11.1 Å². The minimum Gasteiger partial charge on any atom is -0.480 e. The fraction of sp³-hybridized carbons (Fsp3) is 0.423. The maximum atomic E-state index is 13.0. The summed E-state index contributed by atoms with van der Waals surface area (Å²) in [5, 5.41) is 14.9. The third kappa shape index (κ3) is 4.32. The van der Waals surface area contributed by atoms with E-state index in [0.717, 1.165) is 28.7 Å². The summed E-state index contributed by atoms with van der Waals surface area (Å²) in [4.78, 5) is 37.4. The average molecular weight is 451 g/mol. The van der Waals surface area contributed by atoms with Crippen molar-refractivity contribution in [3.63, 3.8) is 0 Å². The largest absolute Gasteiger partial charge is 0.480 e. The average Bonchev–Trinajstić information content (AvgIpc) is 3.05. The Morgan fingerprint density at radius 2 is 1.58 bits per heavy atom. The van der Waals surface area contributed by atoms with Crippen LogP contribution < -0.4 is 10.6 Å². The SMILES string of the molecule is CC(C)(C)[C@@H](NC(=O)OCC1c2ccccc2-c2ccccc21)C(=O)NC1(C(=O)O)CCC1. The van der Waals surface area contributed by atoms with Crippen LogP contribution in [0.2, 0.25) is 0 Å². The standard InChI is InChI=1S/C26H30N2O5/c1-25(2,3)21(22(29)28-26(23(30)31)13-8-14-26)27-24(32)33-15-20-18-11-6-4-9-16(18)17-10-5-7-12-19(17)20/h4-7,9-12,20-21H,8,13-15H2,1-3H3,(H,27,32)(H,28,29)(H,30,31)/t21-/m0/s1. The Hall–Kier alpha value is -3.35. The summed E-state index contributed by atoms with van der Waals surface area (Å²) < 4.78 is 5.59. The second kappa shape index (κ2) is 8.54. The van der Waals surface area contributed by atoms with Gasteiger partial charge in [0, 0.05) is 5.92 Å². The van der Waals surface area contributed by atoms with Crippen LogP contribution in [0, 0.1) is 5.41 Å². The van der Waals surface area contributed by atoms with Crippen molar-refractivity contribution >= 4 is 18.0 Å². The molecule has 0 saturated heterocycles. The van der Waals surface area contributed by atoms with Crippen LogP contribution >= 0.6 is 0 Å². The molecule has 1 saturated carbocycles. The Morgan fingerprint density at radius 3 is 2.03 bits per heavy atom. The van der Waals surface area contributed by atoms with Crippen molar-refractivity contribution in [1.82, 2.24) is 10.6 Å². The Bertz CT molecular complexity index is 1040. The second-order valence-electron chi connectivity index (χ2n) is 10.00. The molecular weight excluding hydrogens is 420 g/mol. The lowest BCUT2D eigenvalue weighted by Crippen LogP contribution is -2.64. The van der Waals surface area contributed by atoms with Gasteiger partial charge in [-0.2, -0.15) is 0 Å². The van der Waals surface area contributed by atoms with Crippen LogP contribution in [-0.2, 0) is 14.3 Å². The highest BCUT2D eigenvalue weighted by Gasteiger charge is 2.48. The number of amides is 2. The molecule has 4 rings (SSSR count). The molecule has 1 fully saturated rings. The number of carboxylic acid groups (broad SMARTS) is 1. The third-order valence-corrected chi connectivity index (χ3v) is 6.71. The Kier molecular flexibility index (Phi) is 5.91. The predicted octanol–water partition coefficient (Wildman–Crippen LogP) is 4.06. The summed E-state index contributed by atoms with van der Waals surface area (Å²) in [5.41, 5.74) is 2.58. The van der Waals surface area contributed by atoms with E-state index in [0.29, 0.717) is 12.8 Å². The quantitative estimate of drug-likeness (QED) is 0.616. The number of hydrogen-bond acceptors (Lipinski definition) is 4. The van der Waals surface area contributed by atoms with Gasteiger partial charge in [0.2, 0.25) is 5.91 Å². The van der Waals surface area contributed by atoms with Crippen molar-refractivity contribution in [2.45, 2.75) is 57.5 Å². The van der Waals surface area contributed by atoms with Crippen molar-refractivity contribution in [1.29, 1.82) is 0 Å². The van der Waals surface area contributed by atoms with E-state index in [9.17, 15) is 19.5 Å². The van der Waals surface area contributed by atoms with Gasteiger partial charge in [0.15, 0.2) is 0 Å². The molecule has 0 heterocycles. The molecule has 2 aromatic rings. The van der Waals surface area contributed by atoms with Crippen LogP contribution in [0.1, 0.15) is 57.1 Å². The summed E-state index contributed by atoms with van der Waals surface area (Å²) in [6.07, 6.45) is 0.808. The van der Waals surface area contributed by atoms with E-state index in [1.165, 1.54) is 0 Å². The fourth-order valence-electron chi connectivity index (χ4n) is 4.66. The number of rotatable bonds is 6. The lowest BCUT2D eigenvalue weighted by atomic mass is 9.76. The first-order valence-corrected chi connectivity index (χ1v) is 11.3. The fourth-order valence-corrected chi connectivity index (χ4v) is 4.66. The lowest BCUT2D eigenvalue weighted by molar-refractivity contribution is -0.152. The molecule has 174 valence electrons. The Morgan fingerprint density at radius 1 is 1.03 bits per heavy atom. The first-order valence-electron chi connectivity index (χ1n) is 11.3. The number of nitrogens with one attached hydrogen (secondary N) is 2. The van der Waals surface area contributed by atoms with Gasteiger partial charge in [0.05, 0.1) is 0 Å². The third-order valence-electron chi connectivity index (χ3n) is 6.71. The predicted molar refractivity (Wildman–Crippen MR) is 124 cm³/mol. The summed E-state index contributed by atoms with van der Waals surface area (Å²) >= 11 is 0. The summed E-state index contributed by atoms with van der Waals surface area (Å²) in [5.74, 6) is -1.65. The van der Waals surface area contributed by atoms with Gasteiger partial charge in [0.1, 0.15) is 18.2 Å². The summed E-state index contributed by atoms with van der Waals surface area (Å²) in [7, 11) is 0. The summed E-state index contributed by atoms with van der Waals surface area (Å²) in [6, 6.07) is 15.2. The van der Waals surface area contributed by atoms with Crippen LogP contribution in [0.5, 0.6) is 0 Å². The smallest absolute Gasteiger partial charge is 0.407 e. The highest BCUT2D eigenvalue weighted by atomic mass is 16.5. The van der Waals surface area contributed by atoms with E-state index in [2.05, 4.69) is 22.8 Å². The van der Waals surface area contributed by atoms with Gasteiger partial charge in [-0.1, -0.05) is 69.3 Å². The van der Waals surface area contributed by atoms with Crippen LogP contribution in [0.4, 0.5) is 4.79 Å². The molecule has 0 bridgehead atoms. The van der Waals surface area contributed by atoms with E-state index in [-0.39, 0.29) is 12.5 Å². The molecule has 33 heavy (non-hydrogen) atoms. The number of benzene rings is 2. The van der Waals surface area contributed by atoms with Crippen LogP contribution in [0.15, 0.2) is 48.5 Å². The molecule has 2 aliphatic rings. The van der Waals surface area contributed by atoms with Gasteiger partial charge in [-0.05, 0) is 46.9 Å². The van der Waals surface area contributed by atoms with Gasteiger partial charge in [-0.25, -0.2) is 9.59 Å². The molecule has 0 radical (unpaired) electrons. The maximum absolute atomic E-state index is 13.0. The highest BCUT2D eigenvalue weighted by molar-refractivity contribution is 5.92. The molecule has 2 aromatic carbocycles. The normalized spacial score (nSPS) is 17.2. The number of aliphatic carboxylic acids is 1. The van der Waals surface area contributed by atoms with Crippen LogP contribution in [0.3, 0.4) is 0 Å². The monoisotopic (exact) mass is 450 g/mol. The zero-order valence-corrected chi connectivity index (χ0v) is 19.2. The zero-order valence-electron chi connectivity index (χ0n) is 19.2. The molecule has 0 unspecified atom stereocenters. The van der Waals surface area contributed by atoms with E-state index in [4.69, 9.17) is 4.74 Å². The Labute approximate surface area is 193 Å². The van der Waals surface area contributed by atoms with Crippen LogP contribution in [-0.4, -0.2) is 41.3 Å². The molecular formula is C26H30N2O5. The minimum absolute atomic E-state index is 0.0877. The van der Waals surface area contributed by atoms with Crippen molar-refractivity contribution < 1.29 is 24.2 Å². The number of carboxylic acids is 1. The highest BCUT2D eigenvalue weighted by Crippen LogP contribution is 2.44. The van der Waals surface area contributed by atoms with Gasteiger partial charge in [-0.3, -0.25) is 4.79 Å². The van der Waals surface area contributed by atoms with Gasteiger partial charge in [0.25, 0.3) is 0 Å². The molecule has 7 heteroatoms. The molecule has 1 atom stereocenters. The zero-order chi connectivity index (χ0) is 23.8. The van der Waals surface area contributed by atoms with Gasteiger partial charge in [-0.15, -0.1) is 0 Å². The van der Waals surface area contributed by atoms with Crippen molar-refractivity contribution in [3.05, 3.63) is 59.7 Å². The van der Waals surface area contributed by atoms with Crippen molar-refractivity contribution in [2.75, 3.05) is 6.61 Å². The first-order chi connectivity index (χ1) is 15.6. The second-order valence-corrected chi connectivity index (χ2v) is 10.00. The topological polar surface area (TPSA) is 105 Å². The first kappa shape index (κ1) is 22.8. The number of hydrogen-bond donors (Lipinski definition) is 3. The van der Waals surface area contributed by atoms with E-state index < -0.39 is 35.0 Å². The number of ether oxygens (including phenoxy) is 1. The molecule has 0 aromatic heterocycles. The summed E-state index contributed by atoms with van der Waals surface area (Å²) in [6.45, 7) is 5.58. The molecule has 2 aliphatic carbocycles. The molecule has 3 N–H and O–H groups in total. The number of fused-ring (bicyclic) bond motifs is 3. The number of carbonyl (C=O) groups is 3. The maximum Gasteiger partial charge on any atom is 0.407 e. The van der Waals surface area contributed by atoms with E-state index in [1.54, 1.807) is 0 Å². The van der Waals surface area contributed by atoms with E-state index in [1.807, 2.05) is 57.2 Å². The molecule has 0 aliphatic heterocycles. The lowest BCUT2D eigenvalue weighted by Gasteiger charge is -2.40.